The molecule has 0 spiro atoms. The van der Waals surface area contributed by atoms with Gasteiger partial charge in [0, 0.05) is 35.9 Å². The fourth-order valence-corrected chi connectivity index (χ4v) is 3.96. The van der Waals surface area contributed by atoms with E-state index in [2.05, 4.69) is 59.3 Å². The molecule has 0 amide bonds. The molecule has 0 atom stereocenters. The summed E-state index contributed by atoms with van der Waals surface area (Å²) in [5.74, 6) is 0.884. The lowest BCUT2D eigenvalue weighted by atomic mass is 10.1. The van der Waals surface area contributed by atoms with E-state index in [0.29, 0.717) is 0 Å². The number of hydrogen-bond acceptors (Lipinski definition) is 3. The summed E-state index contributed by atoms with van der Waals surface area (Å²) in [5.41, 5.74) is 6.66. The van der Waals surface area contributed by atoms with Gasteiger partial charge in [0.1, 0.15) is 11.3 Å². The van der Waals surface area contributed by atoms with Gasteiger partial charge in [-0.2, -0.15) is 0 Å². The summed E-state index contributed by atoms with van der Waals surface area (Å²) in [6.45, 7) is 4.50. The molecule has 0 N–H and O–H groups in total. The molecular formula is C26H24N2O. The molecule has 5 rings (SSSR count). The maximum atomic E-state index is 5.95. The molecule has 2 heterocycles. The fraction of sp³-hybridized carbons (Fsp3) is 0.192. The normalized spacial score (nSPS) is 14.3. The molecule has 1 aliphatic heterocycles. The van der Waals surface area contributed by atoms with E-state index in [1.165, 1.54) is 37.2 Å². The Kier molecular flexibility index (Phi) is 4.65. The summed E-state index contributed by atoms with van der Waals surface area (Å²) in [5, 5.41) is 1.12. The van der Waals surface area contributed by atoms with Crippen molar-refractivity contribution < 1.29 is 4.42 Å². The van der Waals surface area contributed by atoms with Crippen LogP contribution >= 0.6 is 0 Å². The molecule has 144 valence electrons. The third kappa shape index (κ3) is 3.68. The number of rotatable bonds is 4. The highest BCUT2D eigenvalue weighted by atomic mass is 16.3. The summed E-state index contributed by atoms with van der Waals surface area (Å²) in [6, 6.07) is 25.0. The Hall–Kier alpha value is -3.33. The Morgan fingerprint density at radius 1 is 0.897 bits per heavy atom. The second-order valence-corrected chi connectivity index (χ2v) is 7.69. The largest absolute Gasteiger partial charge is 0.456 e. The Bertz CT molecular complexity index is 1130. The van der Waals surface area contributed by atoms with Gasteiger partial charge in [0.25, 0.3) is 0 Å². The van der Waals surface area contributed by atoms with Gasteiger partial charge in [-0.25, -0.2) is 0 Å². The van der Waals surface area contributed by atoms with Gasteiger partial charge in [-0.05, 0) is 79.4 Å². The first kappa shape index (κ1) is 17.7. The van der Waals surface area contributed by atoms with E-state index in [9.17, 15) is 0 Å². The monoisotopic (exact) mass is 380 g/mol. The summed E-state index contributed by atoms with van der Waals surface area (Å²) < 4.78 is 5.95. The van der Waals surface area contributed by atoms with E-state index in [-0.39, 0.29) is 0 Å². The van der Waals surface area contributed by atoms with Gasteiger partial charge in [-0.1, -0.05) is 24.3 Å². The standard InChI is InChI=1S/C26H24N2O/c1-19-16-24(28-14-4-5-15-28)13-10-22(19)18-27-23-11-8-20(9-12-23)26-17-21-6-2-3-7-25(21)29-26/h2-3,6-13,16-18H,4-5,14-15H2,1H3. The van der Waals surface area contributed by atoms with Crippen molar-refractivity contribution in [3.05, 3.63) is 83.9 Å². The average Bonchev–Trinajstić information content (AvgIpc) is 3.43. The highest BCUT2D eigenvalue weighted by Gasteiger charge is 2.12. The first-order chi connectivity index (χ1) is 14.3. The minimum absolute atomic E-state index is 0.884. The van der Waals surface area contributed by atoms with E-state index < -0.39 is 0 Å². The quantitative estimate of drug-likeness (QED) is 0.366. The van der Waals surface area contributed by atoms with Crippen molar-refractivity contribution in [1.82, 2.24) is 0 Å². The topological polar surface area (TPSA) is 28.7 Å². The highest BCUT2D eigenvalue weighted by molar-refractivity contribution is 5.85. The van der Waals surface area contributed by atoms with Crippen LogP contribution in [0.1, 0.15) is 24.0 Å². The molecule has 0 saturated carbocycles. The number of furan rings is 1. The number of nitrogens with zero attached hydrogens (tertiary/aromatic N) is 2. The van der Waals surface area contributed by atoms with Crippen LogP contribution < -0.4 is 4.90 Å². The molecule has 0 radical (unpaired) electrons. The van der Waals surface area contributed by atoms with Gasteiger partial charge < -0.3 is 9.32 Å². The molecule has 3 heteroatoms. The van der Waals surface area contributed by atoms with Crippen LogP contribution in [0, 0.1) is 6.92 Å². The molecular weight excluding hydrogens is 356 g/mol. The molecule has 1 aromatic heterocycles. The lowest BCUT2D eigenvalue weighted by Crippen LogP contribution is -2.17. The van der Waals surface area contributed by atoms with Crippen molar-refractivity contribution in [2.24, 2.45) is 4.99 Å². The minimum atomic E-state index is 0.884. The molecule has 3 aromatic carbocycles. The second kappa shape index (κ2) is 7.59. The Morgan fingerprint density at radius 3 is 2.45 bits per heavy atom. The van der Waals surface area contributed by atoms with Crippen LogP contribution in [0.5, 0.6) is 0 Å². The maximum Gasteiger partial charge on any atom is 0.135 e. The van der Waals surface area contributed by atoms with E-state index >= 15 is 0 Å². The average molecular weight is 380 g/mol. The zero-order chi connectivity index (χ0) is 19.6. The Labute approximate surface area is 171 Å². The molecule has 0 aliphatic carbocycles. The van der Waals surface area contributed by atoms with Crippen LogP contribution in [0.15, 0.2) is 82.2 Å². The second-order valence-electron chi connectivity index (χ2n) is 7.69. The van der Waals surface area contributed by atoms with Crippen LogP contribution in [-0.2, 0) is 0 Å². The predicted octanol–water partition coefficient (Wildman–Crippen LogP) is 6.76. The molecule has 3 nitrogen and oxygen atoms in total. The predicted molar refractivity (Wildman–Crippen MR) is 122 cm³/mol. The van der Waals surface area contributed by atoms with Crippen molar-refractivity contribution >= 4 is 28.6 Å². The zero-order valence-corrected chi connectivity index (χ0v) is 16.6. The van der Waals surface area contributed by atoms with Crippen LogP contribution in [0.25, 0.3) is 22.3 Å². The molecule has 1 saturated heterocycles. The van der Waals surface area contributed by atoms with Gasteiger partial charge in [0.05, 0.1) is 5.69 Å². The first-order valence-electron chi connectivity index (χ1n) is 10.2. The lowest BCUT2D eigenvalue weighted by Gasteiger charge is -2.18. The molecule has 1 fully saturated rings. The van der Waals surface area contributed by atoms with Crippen molar-refractivity contribution in [3.63, 3.8) is 0 Å². The number of aryl methyl sites for hydroxylation is 1. The number of hydrogen-bond donors (Lipinski definition) is 0. The Morgan fingerprint density at radius 2 is 1.69 bits per heavy atom. The van der Waals surface area contributed by atoms with Crippen LogP contribution in [0.2, 0.25) is 0 Å². The van der Waals surface area contributed by atoms with Gasteiger partial charge in [0.2, 0.25) is 0 Å². The van der Waals surface area contributed by atoms with Crippen molar-refractivity contribution in [2.45, 2.75) is 19.8 Å². The Balaban J connectivity index is 1.33. The molecule has 1 aliphatic rings. The molecule has 0 unspecified atom stereocenters. The SMILES string of the molecule is Cc1cc(N2CCCC2)ccc1C=Nc1ccc(-c2cc3ccccc3o2)cc1. The summed E-state index contributed by atoms with van der Waals surface area (Å²) in [4.78, 5) is 7.14. The maximum absolute atomic E-state index is 5.95. The molecule has 4 aromatic rings. The van der Waals surface area contributed by atoms with E-state index in [4.69, 9.17) is 4.42 Å². The van der Waals surface area contributed by atoms with Crippen LogP contribution in [0.3, 0.4) is 0 Å². The van der Waals surface area contributed by atoms with Crippen molar-refractivity contribution in [1.29, 1.82) is 0 Å². The third-order valence-corrected chi connectivity index (χ3v) is 5.65. The number of fused-ring (bicyclic) bond motifs is 1. The number of para-hydroxylation sites is 1. The van der Waals surface area contributed by atoms with Crippen molar-refractivity contribution in [3.8, 4) is 11.3 Å². The van der Waals surface area contributed by atoms with Gasteiger partial charge >= 0.3 is 0 Å². The van der Waals surface area contributed by atoms with Crippen molar-refractivity contribution in [2.75, 3.05) is 18.0 Å². The summed E-state index contributed by atoms with van der Waals surface area (Å²) in [6.07, 6.45) is 4.55. The number of anilines is 1. The fourth-order valence-electron chi connectivity index (χ4n) is 3.96. The highest BCUT2D eigenvalue weighted by Crippen LogP contribution is 2.29. The third-order valence-electron chi connectivity index (χ3n) is 5.65. The van der Waals surface area contributed by atoms with Gasteiger partial charge in [0.15, 0.2) is 0 Å². The van der Waals surface area contributed by atoms with E-state index in [1.807, 2.05) is 36.5 Å². The van der Waals surface area contributed by atoms with E-state index in [1.54, 1.807) is 0 Å². The molecule has 29 heavy (non-hydrogen) atoms. The number of aliphatic imine (C=N–C) groups is 1. The molecule has 0 bridgehead atoms. The van der Waals surface area contributed by atoms with Gasteiger partial charge in [-0.15, -0.1) is 0 Å². The summed E-state index contributed by atoms with van der Waals surface area (Å²) in [7, 11) is 0. The van der Waals surface area contributed by atoms with Crippen LogP contribution in [-0.4, -0.2) is 19.3 Å². The van der Waals surface area contributed by atoms with Crippen LogP contribution in [0.4, 0.5) is 11.4 Å². The smallest absolute Gasteiger partial charge is 0.135 e. The zero-order valence-electron chi connectivity index (χ0n) is 16.6. The van der Waals surface area contributed by atoms with Gasteiger partial charge in [-0.3, -0.25) is 4.99 Å². The lowest BCUT2D eigenvalue weighted by molar-refractivity contribution is 0.631. The minimum Gasteiger partial charge on any atom is -0.456 e. The first-order valence-corrected chi connectivity index (χ1v) is 10.2. The van der Waals surface area contributed by atoms with E-state index in [0.717, 1.165) is 33.5 Å². The number of benzene rings is 3. The summed E-state index contributed by atoms with van der Waals surface area (Å²) >= 11 is 0.